The lowest BCUT2D eigenvalue weighted by molar-refractivity contribution is -0.123. The first kappa shape index (κ1) is 13.6. The van der Waals surface area contributed by atoms with E-state index in [1.54, 1.807) is 6.07 Å². The minimum Gasteiger partial charge on any atom is -0.396 e. The van der Waals surface area contributed by atoms with E-state index in [9.17, 15) is 9.18 Å². The van der Waals surface area contributed by atoms with E-state index in [0.29, 0.717) is 12.3 Å². The molecule has 1 aromatic carbocycles. The van der Waals surface area contributed by atoms with Crippen molar-refractivity contribution in [3.8, 4) is 0 Å². The third-order valence-electron chi connectivity index (χ3n) is 4.36. The number of hydrogen-bond donors (Lipinski definition) is 2. The Balaban J connectivity index is 1.57. The molecule has 1 aromatic rings. The Bertz CT molecular complexity index is 501. The van der Waals surface area contributed by atoms with Gasteiger partial charge in [0.15, 0.2) is 0 Å². The molecule has 20 heavy (non-hydrogen) atoms. The number of amides is 1. The lowest BCUT2D eigenvalue weighted by atomic mass is 10.1. The molecule has 108 valence electrons. The van der Waals surface area contributed by atoms with Gasteiger partial charge in [-0.1, -0.05) is 12.1 Å². The van der Waals surface area contributed by atoms with Gasteiger partial charge in [-0.2, -0.15) is 0 Å². The van der Waals surface area contributed by atoms with E-state index in [1.807, 2.05) is 6.07 Å². The van der Waals surface area contributed by atoms with Crippen LogP contribution in [0.5, 0.6) is 0 Å². The molecule has 0 aliphatic heterocycles. The third kappa shape index (κ3) is 3.01. The summed E-state index contributed by atoms with van der Waals surface area (Å²) < 4.78 is 13.2. The number of benzene rings is 1. The van der Waals surface area contributed by atoms with Gasteiger partial charge in [-0.25, -0.2) is 4.39 Å². The van der Waals surface area contributed by atoms with Gasteiger partial charge >= 0.3 is 0 Å². The van der Waals surface area contributed by atoms with Crippen LogP contribution in [0.4, 0.5) is 4.39 Å². The summed E-state index contributed by atoms with van der Waals surface area (Å²) in [6.45, 7) is 0.111. The molecule has 4 heteroatoms. The summed E-state index contributed by atoms with van der Waals surface area (Å²) >= 11 is 0. The number of halogens is 1. The lowest BCUT2D eigenvalue weighted by Crippen LogP contribution is -2.38. The highest BCUT2D eigenvalue weighted by Gasteiger charge is 2.45. The average Bonchev–Trinajstić information content (AvgIpc) is 3.28. The Morgan fingerprint density at radius 1 is 1.45 bits per heavy atom. The van der Waals surface area contributed by atoms with E-state index in [1.165, 1.54) is 12.1 Å². The van der Waals surface area contributed by atoms with Crippen LogP contribution in [0.2, 0.25) is 0 Å². The molecule has 2 aliphatic rings. The molecule has 2 fully saturated rings. The third-order valence-corrected chi connectivity index (χ3v) is 4.36. The van der Waals surface area contributed by atoms with E-state index in [-0.39, 0.29) is 36.2 Å². The SMILES string of the molecule is O=C(NC(CCO)C1CC1)C1CC1c1cccc(F)c1. The van der Waals surface area contributed by atoms with Crippen LogP contribution in [0.15, 0.2) is 24.3 Å². The molecule has 2 N–H and O–H groups in total. The molecule has 3 atom stereocenters. The van der Waals surface area contributed by atoms with Crippen molar-refractivity contribution in [2.45, 2.75) is 37.6 Å². The summed E-state index contributed by atoms with van der Waals surface area (Å²) in [6, 6.07) is 6.63. The molecule has 0 saturated heterocycles. The fourth-order valence-corrected chi connectivity index (χ4v) is 2.94. The topological polar surface area (TPSA) is 49.3 Å². The fraction of sp³-hybridized carbons (Fsp3) is 0.562. The van der Waals surface area contributed by atoms with Crippen LogP contribution in [-0.4, -0.2) is 23.7 Å². The van der Waals surface area contributed by atoms with Crippen molar-refractivity contribution in [1.29, 1.82) is 0 Å². The molecule has 0 heterocycles. The predicted molar refractivity (Wildman–Crippen MR) is 73.6 cm³/mol. The number of carbonyl (C=O) groups excluding carboxylic acids is 1. The van der Waals surface area contributed by atoms with E-state index in [0.717, 1.165) is 24.8 Å². The Hall–Kier alpha value is -1.42. The molecule has 1 amide bonds. The Labute approximate surface area is 118 Å². The zero-order valence-corrected chi connectivity index (χ0v) is 11.4. The summed E-state index contributed by atoms with van der Waals surface area (Å²) in [6.07, 6.45) is 3.71. The minimum atomic E-state index is -0.246. The molecule has 3 unspecified atom stereocenters. The number of aliphatic hydroxyl groups is 1. The van der Waals surface area contributed by atoms with Crippen molar-refractivity contribution >= 4 is 5.91 Å². The molecule has 3 nitrogen and oxygen atoms in total. The summed E-state index contributed by atoms with van der Waals surface area (Å²) in [7, 11) is 0. The maximum absolute atomic E-state index is 13.2. The van der Waals surface area contributed by atoms with Gasteiger partial charge in [0.05, 0.1) is 0 Å². The van der Waals surface area contributed by atoms with Crippen LogP contribution in [0.25, 0.3) is 0 Å². The van der Waals surface area contributed by atoms with Gasteiger partial charge in [0.1, 0.15) is 5.82 Å². The Morgan fingerprint density at radius 2 is 2.25 bits per heavy atom. The molecule has 0 aromatic heterocycles. The average molecular weight is 277 g/mol. The summed E-state index contributed by atoms with van der Waals surface area (Å²) in [4.78, 5) is 12.2. The molecule has 0 radical (unpaired) electrons. The number of rotatable bonds is 6. The lowest BCUT2D eigenvalue weighted by Gasteiger charge is -2.17. The largest absolute Gasteiger partial charge is 0.396 e. The van der Waals surface area contributed by atoms with E-state index >= 15 is 0 Å². The van der Waals surface area contributed by atoms with Crippen LogP contribution in [0.3, 0.4) is 0 Å². The van der Waals surface area contributed by atoms with Gasteiger partial charge < -0.3 is 10.4 Å². The first-order valence-electron chi connectivity index (χ1n) is 7.35. The Kier molecular flexibility index (Phi) is 3.74. The summed E-state index contributed by atoms with van der Waals surface area (Å²) in [5.74, 6) is 0.475. The van der Waals surface area contributed by atoms with Gasteiger partial charge in [-0.3, -0.25) is 4.79 Å². The minimum absolute atomic E-state index is 0.0308. The smallest absolute Gasteiger partial charge is 0.223 e. The molecule has 2 saturated carbocycles. The number of nitrogens with one attached hydrogen (secondary N) is 1. The van der Waals surface area contributed by atoms with E-state index in [4.69, 9.17) is 5.11 Å². The molecular weight excluding hydrogens is 257 g/mol. The quantitative estimate of drug-likeness (QED) is 0.837. The zero-order chi connectivity index (χ0) is 14.1. The second kappa shape index (κ2) is 5.52. The zero-order valence-electron chi connectivity index (χ0n) is 11.4. The standard InChI is InChI=1S/C16H20FNO2/c17-12-3-1-2-11(8-12)13-9-14(13)16(20)18-15(6-7-19)10-4-5-10/h1-3,8,10,13-15,19H,4-7,9H2,(H,18,20). The first-order chi connectivity index (χ1) is 9.69. The molecule has 3 rings (SSSR count). The van der Waals surface area contributed by atoms with Crippen molar-refractivity contribution in [2.75, 3.05) is 6.61 Å². The monoisotopic (exact) mass is 277 g/mol. The fourth-order valence-electron chi connectivity index (χ4n) is 2.94. The highest BCUT2D eigenvalue weighted by molar-refractivity contribution is 5.83. The Morgan fingerprint density at radius 3 is 2.90 bits per heavy atom. The molecule has 0 spiro atoms. The normalized spacial score (nSPS) is 26.1. The summed E-state index contributed by atoms with van der Waals surface area (Å²) in [5, 5.41) is 12.1. The van der Waals surface area contributed by atoms with Gasteiger partial charge in [0.2, 0.25) is 5.91 Å². The predicted octanol–water partition coefficient (Wildman–Crippen LogP) is 2.21. The van der Waals surface area contributed by atoms with Gasteiger partial charge in [-0.15, -0.1) is 0 Å². The number of hydrogen-bond acceptors (Lipinski definition) is 2. The first-order valence-corrected chi connectivity index (χ1v) is 7.35. The van der Waals surface area contributed by atoms with Crippen LogP contribution in [0.1, 0.15) is 37.2 Å². The van der Waals surface area contributed by atoms with Crippen molar-refractivity contribution in [2.24, 2.45) is 11.8 Å². The van der Waals surface area contributed by atoms with Crippen LogP contribution in [0, 0.1) is 17.7 Å². The highest BCUT2D eigenvalue weighted by atomic mass is 19.1. The molecular formula is C16H20FNO2. The maximum atomic E-state index is 13.2. The van der Waals surface area contributed by atoms with Gasteiger partial charge in [-0.05, 0) is 55.2 Å². The number of aliphatic hydroxyl groups excluding tert-OH is 1. The van der Waals surface area contributed by atoms with Gasteiger partial charge in [0.25, 0.3) is 0 Å². The summed E-state index contributed by atoms with van der Waals surface area (Å²) in [5.41, 5.74) is 0.912. The van der Waals surface area contributed by atoms with Crippen molar-refractivity contribution < 1.29 is 14.3 Å². The van der Waals surface area contributed by atoms with E-state index < -0.39 is 0 Å². The second-order valence-electron chi connectivity index (χ2n) is 5.97. The van der Waals surface area contributed by atoms with Crippen molar-refractivity contribution in [3.63, 3.8) is 0 Å². The van der Waals surface area contributed by atoms with Crippen molar-refractivity contribution in [1.82, 2.24) is 5.32 Å². The molecule has 2 aliphatic carbocycles. The van der Waals surface area contributed by atoms with Crippen LogP contribution in [-0.2, 0) is 4.79 Å². The van der Waals surface area contributed by atoms with Gasteiger partial charge in [0, 0.05) is 18.6 Å². The second-order valence-corrected chi connectivity index (χ2v) is 5.97. The van der Waals surface area contributed by atoms with Crippen LogP contribution >= 0.6 is 0 Å². The molecule has 0 bridgehead atoms. The van der Waals surface area contributed by atoms with E-state index in [2.05, 4.69) is 5.32 Å². The maximum Gasteiger partial charge on any atom is 0.223 e. The number of carbonyl (C=O) groups is 1. The van der Waals surface area contributed by atoms with Crippen molar-refractivity contribution in [3.05, 3.63) is 35.6 Å². The highest BCUT2D eigenvalue weighted by Crippen LogP contribution is 2.48. The van der Waals surface area contributed by atoms with Crippen LogP contribution < -0.4 is 5.32 Å².